The molecule has 1 aliphatic rings. The number of aryl methyl sites for hydroxylation is 2. The molecule has 158 valence electrons. The lowest BCUT2D eigenvalue weighted by Gasteiger charge is -2.33. The molecule has 0 N–H and O–H groups in total. The molecule has 0 radical (unpaired) electrons. The average molecular weight is 423 g/mol. The molecule has 0 unspecified atom stereocenters. The number of amides is 1. The Balaban J connectivity index is 1.69. The van der Waals surface area contributed by atoms with Crippen LogP contribution in [0, 0.1) is 13.8 Å². The van der Waals surface area contributed by atoms with Crippen LogP contribution < -0.4 is 9.47 Å². The van der Waals surface area contributed by atoms with Gasteiger partial charge in [0.05, 0.1) is 24.6 Å². The van der Waals surface area contributed by atoms with Crippen LogP contribution in [0.4, 0.5) is 0 Å². The number of sulfonamides is 1. The van der Waals surface area contributed by atoms with Gasteiger partial charge in [-0.1, -0.05) is 5.16 Å². The number of ether oxygens (including phenoxy) is 2. The molecule has 0 aliphatic carbocycles. The van der Waals surface area contributed by atoms with Crippen molar-refractivity contribution in [2.45, 2.75) is 20.5 Å². The fourth-order valence-electron chi connectivity index (χ4n) is 3.18. The van der Waals surface area contributed by atoms with E-state index in [-0.39, 0.29) is 12.5 Å². The SMILES string of the molecule is COc1cc(C(=O)N2CCN(S(C)(=O)=O)CC2)ccc1OCc1c(C)noc1C. The smallest absolute Gasteiger partial charge is 0.254 e. The van der Waals surface area contributed by atoms with E-state index in [1.54, 1.807) is 23.1 Å². The quantitative estimate of drug-likeness (QED) is 0.695. The number of hydrogen-bond donors (Lipinski definition) is 0. The third-order valence-corrected chi connectivity index (χ3v) is 6.26. The maximum Gasteiger partial charge on any atom is 0.254 e. The van der Waals surface area contributed by atoms with Gasteiger partial charge in [0.1, 0.15) is 12.4 Å². The highest BCUT2D eigenvalue weighted by Gasteiger charge is 2.27. The van der Waals surface area contributed by atoms with Crippen molar-refractivity contribution in [1.29, 1.82) is 0 Å². The second-order valence-electron chi connectivity index (χ2n) is 6.91. The monoisotopic (exact) mass is 423 g/mol. The van der Waals surface area contributed by atoms with Gasteiger partial charge in [-0.15, -0.1) is 0 Å². The van der Waals surface area contributed by atoms with Crippen LogP contribution in [0.15, 0.2) is 22.7 Å². The van der Waals surface area contributed by atoms with Crippen LogP contribution in [0.25, 0.3) is 0 Å². The Labute approximate surface area is 170 Å². The molecular formula is C19H25N3O6S. The number of piperazine rings is 1. The minimum absolute atomic E-state index is 0.172. The minimum atomic E-state index is -3.24. The molecule has 29 heavy (non-hydrogen) atoms. The van der Waals surface area contributed by atoms with E-state index in [4.69, 9.17) is 14.0 Å². The van der Waals surface area contributed by atoms with Crippen LogP contribution in [0.1, 0.15) is 27.4 Å². The van der Waals surface area contributed by atoms with Crippen LogP contribution in [0.2, 0.25) is 0 Å². The Hall–Kier alpha value is -2.59. The zero-order valence-corrected chi connectivity index (χ0v) is 17.8. The number of carbonyl (C=O) groups excluding carboxylic acids is 1. The molecule has 1 amide bonds. The maximum atomic E-state index is 12.8. The van der Waals surface area contributed by atoms with Gasteiger partial charge in [-0.25, -0.2) is 8.42 Å². The molecule has 10 heteroatoms. The highest BCUT2D eigenvalue weighted by molar-refractivity contribution is 7.88. The number of rotatable bonds is 6. The van der Waals surface area contributed by atoms with E-state index in [9.17, 15) is 13.2 Å². The van der Waals surface area contributed by atoms with E-state index in [1.165, 1.54) is 17.7 Å². The maximum absolute atomic E-state index is 12.8. The summed E-state index contributed by atoms with van der Waals surface area (Å²) in [5.74, 6) is 1.47. The predicted molar refractivity (Wildman–Crippen MR) is 106 cm³/mol. The van der Waals surface area contributed by atoms with Crippen LogP contribution in [0.5, 0.6) is 11.5 Å². The van der Waals surface area contributed by atoms with Gasteiger partial charge < -0.3 is 18.9 Å². The Morgan fingerprint density at radius 3 is 2.41 bits per heavy atom. The zero-order valence-electron chi connectivity index (χ0n) is 17.0. The molecule has 0 atom stereocenters. The third-order valence-electron chi connectivity index (χ3n) is 4.96. The van der Waals surface area contributed by atoms with Gasteiger partial charge in [-0.2, -0.15) is 4.31 Å². The van der Waals surface area contributed by atoms with Gasteiger partial charge in [-0.05, 0) is 32.0 Å². The molecule has 3 rings (SSSR count). The molecule has 1 aromatic carbocycles. The van der Waals surface area contributed by atoms with Gasteiger partial charge in [0.2, 0.25) is 10.0 Å². The zero-order chi connectivity index (χ0) is 21.2. The lowest BCUT2D eigenvalue weighted by molar-refractivity contribution is 0.0698. The van der Waals surface area contributed by atoms with E-state index in [0.717, 1.165) is 11.3 Å². The molecule has 1 aromatic heterocycles. The molecule has 0 spiro atoms. The minimum Gasteiger partial charge on any atom is -0.493 e. The molecule has 1 fully saturated rings. The number of carbonyl (C=O) groups is 1. The predicted octanol–water partition coefficient (Wildman–Crippen LogP) is 1.60. The largest absolute Gasteiger partial charge is 0.493 e. The summed E-state index contributed by atoms with van der Waals surface area (Å²) in [7, 11) is -1.73. The van der Waals surface area contributed by atoms with Gasteiger partial charge in [0, 0.05) is 31.7 Å². The molecule has 1 saturated heterocycles. The summed E-state index contributed by atoms with van der Waals surface area (Å²) in [6, 6.07) is 5.00. The lowest BCUT2D eigenvalue weighted by atomic mass is 10.1. The van der Waals surface area contributed by atoms with Crippen molar-refractivity contribution in [1.82, 2.24) is 14.4 Å². The van der Waals surface area contributed by atoms with Crippen LogP contribution in [0.3, 0.4) is 0 Å². The highest BCUT2D eigenvalue weighted by atomic mass is 32.2. The second kappa shape index (κ2) is 8.42. The Kier molecular flexibility index (Phi) is 6.13. The van der Waals surface area contributed by atoms with E-state index in [0.29, 0.717) is 49.0 Å². The van der Waals surface area contributed by atoms with Gasteiger partial charge in [-0.3, -0.25) is 4.79 Å². The fraction of sp³-hybridized carbons (Fsp3) is 0.474. The molecular weight excluding hydrogens is 398 g/mol. The van der Waals surface area contributed by atoms with Gasteiger partial charge in [0.25, 0.3) is 5.91 Å². The van der Waals surface area contributed by atoms with Crippen molar-refractivity contribution in [2.75, 3.05) is 39.5 Å². The van der Waals surface area contributed by atoms with Gasteiger partial charge >= 0.3 is 0 Å². The van der Waals surface area contributed by atoms with E-state index in [1.807, 2.05) is 13.8 Å². The van der Waals surface area contributed by atoms with Crippen LogP contribution >= 0.6 is 0 Å². The first kappa shape index (κ1) is 21.1. The molecule has 2 heterocycles. The first-order valence-corrected chi connectivity index (χ1v) is 11.0. The number of aromatic nitrogens is 1. The van der Waals surface area contributed by atoms with Crippen LogP contribution in [-0.2, 0) is 16.6 Å². The Morgan fingerprint density at radius 2 is 1.86 bits per heavy atom. The molecule has 0 bridgehead atoms. The summed E-state index contributed by atoms with van der Waals surface area (Å²) < 4.78 is 41.0. The first-order valence-electron chi connectivity index (χ1n) is 9.17. The summed E-state index contributed by atoms with van der Waals surface area (Å²) in [5.41, 5.74) is 2.09. The second-order valence-corrected chi connectivity index (χ2v) is 8.89. The van der Waals surface area contributed by atoms with E-state index >= 15 is 0 Å². The van der Waals surface area contributed by atoms with Crippen molar-refractivity contribution in [3.63, 3.8) is 0 Å². The number of methoxy groups -OCH3 is 1. The Bertz CT molecular complexity index is 974. The fourth-order valence-corrected chi connectivity index (χ4v) is 4.01. The molecule has 0 saturated carbocycles. The summed E-state index contributed by atoms with van der Waals surface area (Å²) in [4.78, 5) is 14.5. The van der Waals surface area contributed by atoms with Crippen molar-refractivity contribution in [3.8, 4) is 11.5 Å². The van der Waals surface area contributed by atoms with E-state index in [2.05, 4.69) is 5.16 Å². The third kappa shape index (κ3) is 4.70. The van der Waals surface area contributed by atoms with E-state index < -0.39 is 10.0 Å². The highest BCUT2D eigenvalue weighted by Crippen LogP contribution is 2.30. The summed E-state index contributed by atoms with van der Waals surface area (Å²) in [6.45, 7) is 5.22. The first-order chi connectivity index (χ1) is 13.7. The molecule has 2 aromatic rings. The molecule has 1 aliphatic heterocycles. The van der Waals surface area contributed by atoms with Crippen molar-refractivity contribution >= 4 is 15.9 Å². The van der Waals surface area contributed by atoms with Crippen molar-refractivity contribution in [3.05, 3.63) is 40.8 Å². The standard InChI is InChI=1S/C19H25N3O6S/c1-13-16(14(2)28-20-13)12-27-17-6-5-15(11-18(17)26-3)19(23)21-7-9-22(10-8-21)29(4,24)25/h5-6,11H,7-10,12H2,1-4H3. The van der Waals surface area contributed by atoms with Crippen LogP contribution in [-0.4, -0.2) is 68.2 Å². The van der Waals surface area contributed by atoms with Gasteiger partial charge in [0.15, 0.2) is 11.5 Å². The van der Waals surface area contributed by atoms with Crippen molar-refractivity contribution in [2.24, 2.45) is 0 Å². The summed E-state index contributed by atoms with van der Waals surface area (Å²) >= 11 is 0. The average Bonchev–Trinajstić information content (AvgIpc) is 3.02. The summed E-state index contributed by atoms with van der Waals surface area (Å²) in [5, 5.41) is 3.90. The number of benzene rings is 1. The normalized spacial score (nSPS) is 15.4. The molecule has 9 nitrogen and oxygen atoms in total. The van der Waals surface area contributed by atoms with Crippen molar-refractivity contribution < 1.29 is 27.2 Å². The number of hydrogen-bond acceptors (Lipinski definition) is 7. The lowest BCUT2D eigenvalue weighted by Crippen LogP contribution is -2.50. The summed E-state index contributed by atoms with van der Waals surface area (Å²) in [6.07, 6.45) is 1.18. The topological polar surface area (TPSA) is 102 Å². The Morgan fingerprint density at radius 1 is 1.17 bits per heavy atom. The number of nitrogens with zero attached hydrogens (tertiary/aromatic N) is 3.